The summed E-state index contributed by atoms with van der Waals surface area (Å²) in [5.41, 5.74) is 6.11. The van der Waals surface area contributed by atoms with E-state index in [1.54, 1.807) is 22.2 Å². The lowest BCUT2D eigenvalue weighted by Crippen LogP contribution is -2.11. The van der Waals surface area contributed by atoms with Crippen LogP contribution in [0.25, 0.3) is 27.5 Å². The highest BCUT2D eigenvalue weighted by Gasteiger charge is 2.25. The summed E-state index contributed by atoms with van der Waals surface area (Å²) in [6, 6.07) is 2.12. The summed E-state index contributed by atoms with van der Waals surface area (Å²) in [5, 5.41) is 13.4. The molecule has 1 saturated carbocycles. The topological polar surface area (TPSA) is 88.8 Å². The predicted molar refractivity (Wildman–Crippen MR) is 117 cm³/mol. The highest BCUT2D eigenvalue weighted by molar-refractivity contribution is 7.15. The molecule has 8 heteroatoms. The van der Waals surface area contributed by atoms with Crippen LogP contribution in [0.5, 0.6) is 0 Å². The standard InChI is InChI=1S/C22H24N6OS/c1-12(2)18-19(15-8-13(3)21-24-11-25-28(21)10-15)26-27-20(18)17-9-23-22(30-17)14-4-6-16(29)7-5-14/h8-12,14H,4-7H2,1-3H3,(H,26,27). The molecule has 4 aromatic heterocycles. The van der Waals surface area contributed by atoms with Crippen LogP contribution in [0.3, 0.4) is 0 Å². The van der Waals surface area contributed by atoms with Crippen molar-refractivity contribution in [3.05, 3.63) is 40.9 Å². The van der Waals surface area contributed by atoms with Crippen molar-refractivity contribution >= 4 is 22.8 Å². The maximum absolute atomic E-state index is 11.6. The lowest BCUT2D eigenvalue weighted by Gasteiger charge is -2.18. The average molecular weight is 421 g/mol. The number of nitrogens with zero attached hydrogens (tertiary/aromatic N) is 5. The molecule has 1 fully saturated rings. The maximum atomic E-state index is 11.6. The molecule has 0 bridgehead atoms. The molecule has 0 spiro atoms. The molecule has 1 N–H and O–H groups in total. The van der Waals surface area contributed by atoms with E-state index in [9.17, 15) is 4.79 Å². The third-order valence-electron chi connectivity index (χ3n) is 5.88. The second kappa shape index (κ2) is 7.43. The zero-order valence-electron chi connectivity index (χ0n) is 17.3. The normalized spacial score (nSPS) is 15.5. The van der Waals surface area contributed by atoms with E-state index in [0.717, 1.165) is 50.9 Å². The molecule has 0 unspecified atom stereocenters. The lowest BCUT2D eigenvalue weighted by molar-refractivity contribution is -0.120. The number of H-pyrrole nitrogens is 1. The maximum Gasteiger partial charge on any atom is 0.158 e. The summed E-state index contributed by atoms with van der Waals surface area (Å²) >= 11 is 1.72. The first kappa shape index (κ1) is 19.1. The summed E-state index contributed by atoms with van der Waals surface area (Å²) in [4.78, 5) is 21.7. The van der Waals surface area contributed by atoms with Gasteiger partial charge in [-0.2, -0.15) is 10.2 Å². The molecule has 1 aliphatic rings. The van der Waals surface area contributed by atoms with Gasteiger partial charge in [0.25, 0.3) is 0 Å². The number of Topliss-reactive ketones (excluding diaryl/α,β-unsaturated/α-hetero) is 1. The number of aromatic amines is 1. The van der Waals surface area contributed by atoms with Crippen LogP contribution in [0.1, 0.15) is 67.5 Å². The molecule has 154 valence electrons. The quantitative estimate of drug-likeness (QED) is 0.507. The molecule has 0 aromatic carbocycles. The van der Waals surface area contributed by atoms with Gasteiger partial charge in [0.2, 0.25) is 0 Å². The third kappa shape index (κ3) is 3.25. The lowest BCUT2D eigenvalue weighted by atomic mass is 9.89. The second-order valence-corrected chi connectivity index (χ2v) is 9.39. The van der Waals surface area contributed by atoms with Crippen molar-refractivity contribution < 1.29 is 4.79 Å². The second-order valence-electron chi connectivity index (χ2n) is 8.33. The van der Waals surface area contributed by atoms with Gasteiger partial charge in [0.15, 0.2) is 5.65 Å². The van der Waals surface area contributed by atoms with Crippen LogP contribution < -0.4 is 0 Å². The smallest absolute Gasteiger partial charge is 0.158 e. The molecular weight excluding hydrogens is 396 g/mol. The van der Waals surface area contributed by atoms with Crippen molar-refractivity contribution in [3.8, 4) is 21.8 Å². The van der Waals surface area contributed by atoms with Crippen LogP contribution >= 0.6 is 11.3 Å². The highest BCUT2D eigenvalue weighted by Crippen LogP contribution is 2.40. The summed E-state index contributed by atoms with van der Waals surface area (Å²) < 4.78 is 1.80. The Morgan fingerprint density at radius 1 is 1.23 bits per heavy atom. The van der Waals surface area contributed by atoms with E-state index in [0.29, 0.717) is 30.5 Å². The van der Waals surface area contributed by atoms with Crippen molar-refractivity contribution in [1.29, 1.82) is 0 Å². The Kier molecular flexibility index (Phi) is 4.73. The molecule has 0 amide bonds. The molecule has 4 heterocycles. The van der Waals surface area contributed by atoms with Crippen LogP contribution in [-0.2, 0) is 4.79 Å². The number of nitrogens with one attached hydrogen (secondary N) is 1. The molecule has 1 aliphatic carbocycles. The van der Waals surface area contributed by atoms with Gasteiger partial charge in [0, 0.05) is 42.3 Å². The Bertz CT molecular complexity index is 1220. The van der Waals surface area contributed by atoms with Gasteiger partial charge in [-0.15, -0.1) is 11.3 Å². The zero-order chi connectivity index (χ0) is 20.8. The van der Waals surface area contributed by atoms with Crippen molar-refractivity contribution in [2.45, 2.75) is 58.3 Å². The number of hydrogen-bond acceptors (Lipinski definition) is 6. The van der Waals surface area contributed by atoms with Gasteiger partial charge in [-0.05, 0) is 37.3 Å². The number of thiazole rings is 1. The van der Waals surface area contributed by atoms with Crippen LogP contribution in [0.2, 0.25) is 0 Å². The first-order valence-corrected chi connectivity index (χ1v) is 11.2. The van der Waals surface area contributed by atoms with Gasteiger partial charge in [-0.25, -0.2) is 14.5 Å². The van der Waals surface area contributed by atoms with E-state index < -0.39 is 0 Å². The van der Waals surface area contributed by atoms with Gasteiger partial charge >= 0.3 is 0 Å². The van der Waals surface area contributed by atoms with Crippen LogP contribution in [-0.4, -0.2) is 35.6 Å². The molecular formula is C22H24N6OS. The van der Waals surface area contributed by atoms with Crippen molar-refractivity contribution in [3.63, 3.8) is 0 Å². The van der Waals surface area contributed by atoms with Crippen LogP contribution in [0.4, 0.5) is 0 Å². The summed E-state index contributed by atoms with van der Waals surface area (Å²) in [7, 11) is 0. The Labute approximate surface area is 178 Å². The SMILES string of the molecule is Cc1cc(-c2n[nH]c(-c3cnc(C4CCC(=O)CC4)s3)c2C(C)C)cn2ncnc12. The zero-order valence-corrected chi connectivity index (χ0v) is 18.2. The molecule has 0 radical (unpaired) electrons. The molecule has 0 atom stereocenters. The van der Waals surface area contributed by atoms with Gasteiger partial charge in [0.05, 0.1) is 21.3 Å². The molecule has 7 nitrogen and oxygen atoms in total. The minimum Gasteiger partial charge on any atom is -0.300 e. The molecule has 4 aromatic rings. The monoisotopic (exact) mass is 420 g/mol. The van der Waals surface area contributed by atoms with Gasteiger partial charge in [-0.3, -0.25) is 9.89 Å². The molecule has 5 rings (SSSR count). The number of fused-ring (bicyclic) bond motifs is 1. The summed E-state index contributed by atoms with van der Waals surface area (Å²) in [6.45, 7) is 6.42. The van der Waals surface area contributed by atoms with Crippen molar-refractivity contribution in [2.24, 2.45) is 0 Å². The number of carbonyl (C=O) groups is 1. The Balaban J connectivity index is 1.54. The summed E-state index contributed by atoms with van der Waals surface area (Å²) in [5.74, 6) is 1.06. The van der Waals surface area contributed by atoms with E-state index >= 15 is 0 Å². The number of rotatable bonds is 4. The van der Waals surface area contributed by atoms with E-state index in [1.165, 1.54) is 5.56 Å². The van der Waals surface area contributed by atoms with Gasteiger partial charge in [0.1, 0.15) is 12.1 Å². The molecule has 0 aliphatic heterocycles. The van der Waals surface area contributed by atoms with Gasteiger partial charge in [-0.1, -0.05) is 13.8 Å². The van der Waals surface area contributed by atoms with Gasteiger partial charge < -0.3 is 0 Å². The number of pyridine rings is 1. The minimum atomic E-state index is 0.290. The fraction of sp³-hybridized carbons (Fsp3) is 0.409. The van der Waals surface area contributed by atoms with E-state index in [4.69, 9.17) is 10.1 Å². The van der Waals surface area contributed by atoms with Crippen LogP contribution in [0, 0.1) is 6.92 Å². The molecule has 0 saturated heterocycles. The van der Waals surface area contributed by atoms with E-state index in [1.807, 2.05) is 19.3 Å². The van der Waals surface area contributed by atoms with Crippen LogP contribution in [0.15, 0.2) is 24.8 Å². The average Bonchev–Trinajstić information content (AvgIpc) is 3.46. The number of aryl methyl sites for hydroxylation is 1. The van der Waals surface area contributed by atoms with E-state index in [2.05, 4.69) is 35.1 Å². The van der Waals surface area contributed by atoms with Crippen molar-refractivity contribution in [1.82, 2.24) is 29.8 Å². The minimum absolute atomic E-state index is 0.290. The fourth-order valence-electron chi connectivity index (χ4n) is 4.32. The van der Waals surface area contributed by atoms with E-state index in [-0.39, 0.29) is 0 Å². The number of carbonyl (C=O) groups excluding carboxylic acids is 1. The number of aromatic nitrogens is 6. The summed E-state index contributed by atoms with van der Waals surface area (Å²) in [6.07, 6.45) is 8.68. The fourth-order valence-corrected chi connectivity index (χ4v) is 5.42. The highest BCUT2D eigenvalue weighted by atomic mass is 32.1. The predicted octanol–water partition coefficient (Wildman–Crippen LogP) is 4.90. The Morgan fingerprint density at radius 2 is 2.03 bits per heavy atom. The van der Waals surface area contributed by atoms with Crippen molar-refractivity contribution in [2.75, 3.05) is 0 Å². The Morgan fingerprint density at radius 3 is 2.80 bits per heavy atom. The first-order valence-electron chi connectivity index (χ1n) is 10.4. The first-order chi connectivity index (χ1) is 14.5. The largest absolute Gasteiger partial charge is 0.300 e. The third-order valence-corrected chi connectivity index (χ3v) is 7.05. The number of ketones is 1. The Hall–Kier alpha value is -2.87. The number of hydrogen-bond donors (Lipinski definition) is 1. The molecule has 30 heavy (non-hydrogen) atoms.